The Hall–Kier alpha value is -1.88. The molecule has 1 aliphatic rings. The summed E-state index contributed by atoms with van der Waals surface area (Å²) < 4.78 is 2.09. The van der Waals surface area contributed by atoms with Gasteiger partial charge in [-0.15, -0.1) is 0 Å². The summed E-state index contributed by atoms with van der Waals surface area (Å²) in [5.74, 6) is 1.13. The zero-order chi connectivity index (χ0) is 13.9. The molecule has 0 atom stereocenters. The summed E-state index contributed by atoms with van der Waals surface area (Å²) >= 11 is 0. The quantitative estimate of drug-likeness (QED) is 0.846. The van der Waals surface area contributed by atoms with Crippen LogP contribution in [0.2, 0.25) is 0 Å². The summed E-state index contributed by atoms with van der Waals surface area (Å²) in [7, 11) is 2.05. The Morgan fingerprint density at radius 1 is 1.20 bits per heavy atom. The van der Waals surface area contributed by atoms with Crippen molar-refractivity contribution in [2.24, 2.45) is 7.05 Å². The highest BCUT2D eigenvalue weighted by Crippen LogP contribution is 2.18. The number of aromatic nitrogens is 3. The fourth-order valence-electron chi connectivity index (χ4n) is 2.69. The van der Waals surface area contributed by atoms with E-state index < -0.39 is 0 Å². The summed E-state index contributed by atoms with van der Waals surface area (Å²) in [5, 5.41) is 0. The van der Waals surface area contributed by atoms with Crippen LogP contribution < -0.4 is 4.90 Å². The van der Waals surface area contributed by atoms with Crippen LogP contribution >= 0.6 is 0 Å². The highest BCUT2D eigenvalue weighted by molar-refractivity contribution is 5.46. The van der Waals surface area contributed by atoms with Gasteiger partial charge in [-0.1, -0.05) is 6.07 Å². The molecule has 3 rings (SSSR count). The van der Waals surface area contributed by atoms with Crippen LogP contribution in [0, 0.1) is 6.92 Å². The molecule has 1 fully saturated rings. The first-order valence-corrected chi connectivity index (χ1v) is 7.08. The summed E-state index contributed by atoms with van der Waals surface area (Å²) in [6.45, 7) is 7.32. The highest BCUT2D eigenvalue weighted by atomic mass is 15.3. The van der Waals surface area contributed by atoms with Crippen LogP contribution in [-0.4, -0.2) is 45.6 Å². The lowest BCUT2D eigenvalue weighted by atomic mass is 10.2. The minimum Gasteiger partial charge on any atom is -0.354 e. The number of piperazine rings is 1. The molecular formula is C15H21N5. The van der Waals surface area contributed by atoms with Crippen LogP contribution in [0.3, 0.4) is 0 Å². The van der Waals surface area contributed by atoms with Crippen molar-refractivity contribution in [3.63, 3.8) is 0 Å². The second-order valence-corrected chi connectivity index (χ2v) is 5.40. The molecule has 0 aliphatic carbocycles. The predicted octanol–water partition coefficient (Wildman–Crippen LogP) is 1.45. The van der Waals surface area contributed by atoms with E-state index in [0.29, 0.717) is 0 Å². The van der Waals surface area contributed by atoms with Crippen molar-refractivity contribution in [1.82, 2.24) is 19.4 Å². The Bertz CT molecular complexity index is 569. The maximum absolute atomic E-state index is 4.51. The van der Waals surface area contributed by atoms with E-state index in [1.54, 1.807) is 0 Å². The smallest absolute Gasteiger partial charge is 0.131 e. The Morgan fingerprint density at radius 2 is 2.00 bits per heavy atom. The summed E-state index contributed by atoms with van der Waals surface area (Å²) in [6, 6.07) is 4.13. The van der Waals surface area contributed by atoms with E-state index in [-0.39, 0.29) is 0 Å². The van der Waals surface area contributed by atoms with Gasteiger partial charge in [0.25, 0.3) is 0 Å². The molecule has 5 nitrogen and oxygen atoms in total. The molecule has 0 unspecified atom stereocenters. The number of hydrogen-bond acceptors (Lipinski definition) is 4. The molecular weight excluding hydrogens is 250 g/mol. The summed E-state index contributed by atoms with van der Waals surface area (Å²) in [5.41, 5.74) is 2.53. The Balaban J connectivity index is 1.60. The number of aryl methyl sites for hydroxylation is 2. The zero-order valence-electron chi connectivity index (χ0n) is 12.2. The molecule has 0 spiro atoms. The first-order chi connectivity index (χ1) is 9.74. The molecule has 0 radical (unpaired) electrons. The van der Waals surface area contributed by atoms with Gasteiger partial charge in [0.2, 0.25) is 0 Å². The number of anilines is 1. The van der Waals surface area contributed by atoms with E-state index in [1.165, 1.54) is 11.3 Å². The lowest BCUT2D eigenvalue weighted by molar-refractivity contribution is 0.244. The Morgan fingerprint density at radius 3 is 2.65 bits per heavy atom. The van der Waals surface area contributed by atoms with Crippen LogP contribution in [0.1, 0.15) is 11.3 Å². The van der Waals surface area contributed by atoms with Gasteiger partial charge in [0.05, 0.1) is 12.0 Å². The molecule has 0 aromatic carbocycles. The summed E-state index contributed by atoms with van der Waals surface area (Å²) in [6.07, 6.45) is 5.70. The maximum atomic E-state index is 4.51. The molecule has 2 aromatic rings. The molecule has 0 N–H and O–H groups in total. The minimum absolute atomic E-state index is 0.978. The molecule has 0 saturated carbocycles. The van der Waals surface area contributed by atoms with Gasteiger partial charge in [0.15, 0.2) is 0 Å². The van der Waals surface area contributed by atoms with Gasteiger partial charge in [-0.2, -0.15) is 0 Å². The van der Waals surface area contributed by atoms with Crippen molar-refractivity contribution >= 4 is 5.82 Å². The molecule has 1 aliphatic heterocycles. The SMILES string of the molecule is Cc1cccnc1N1CCN(Cc2cncn2C)CC1. The van der Waals surface area contributed by atoms with E-state index in [2.05, 4.69) is 44.4 Å². The zero-order valence-corrected chi connectivity index (χ0v) is 12.2. The molecule has 2 aromatic heterocycles. The van der Waals surface area contributed by atoms with Crippen LogP contribution in [0.4, 0.5) is 5.82 Å². The molecule has 1 saturated heterocycles. The van der Waals surface area contributed by atoms with Crippen molar-refractivity contribution in [3.05, 3.63) is 42.1 Å². The van der Waals surface area contributed by atoms with Crippen molar-refractivity contribution in [3.8, 4) is 0 Å². The van der Waals surface area contributed by atoms with Gasteiger partial charge >= 0.3 is 0 Å². The molecule has 5 heteroatoms. The fraction of sp³-hybridized carbons (Fsp3) is 0.467. The number of imidazole rings is 1. The van der Waals surface area contributed by atoms with E-state index in [1.807, 2.05) is 24.8 Å². The van der Waals surface area contributed by atoms with Gasteiger partial charge < -0.3 is 9.47 Å². The van der Waals surface area contributed by atoms with Gasteiger partial charge in [-0.3, -0.25) is 4.90 Å². The second-order valence-electron chi connectivity index (χ2n) is 5.40. The highest BCUT2D eigenvalue weighted by Gasteiger charge is 2.19. The first kappa shape index (κ1) is 13.1. The average Bonchev–Trinajstić information content (AvgIpc) is 2.86. The van der Waals surface area contributed by atoms with Crippen LogP contribution in [0.15, 0.2) is 30.9 Å². The van der Waals surface area contributed by atoms with E-state index >= 15 is 0 Å². The summed E-state index contributed by atoms with van der Waals surface area (Å²) in [4.78, 5) is 13.5. The first-order valence-electron chi connectivity index (χ1n) is 7.08. The average molecular weight is 271 g/mol. The predicted molar refractivity (Wildman–Crippen MR) is 79.7 cm³/mol. The topological polar surface area (TPSA) is 37.2 Å². The van der Waals surface area contributed by atoms with E-state index in [0.717, 1.165) is 38.5 Å². The van der Waals surface area contributed by atoms with Crippen molar-refractivity contribution in [2.45, 2.75) is 13.5 Å². The number of hydrogen-bond donors (Lipinski definition) is 0. The molecule has 3 heterocycles. The maximum Gasteiger partial charge on any atom is 0.131 e. The monoisotopic (exact) mass is 271 g/mol. The lowest BCUT2D eigenvalue weighted by Crippen LogP contribution is -2.46. The van der Waals surface area contributed by atoms with Gasteiger partial charge in [0.1, 0.15) is 5.82 Å². The molecule has 106 valence electrons. The third kappa shape index (κ3) is 2.67. The van der Waals surface area contributed by atoms with Gasteiger partial charge in [-0.05, 0) is 18.6 Å². The molecule has 20 heavy (non-hydrogen) atoms. The largest absolute Gasteiger partial charge is 0.354 e. The second kappa shape index (κ2) is 5.63. The molecule has 0 bridgehead atoms. The lowest BCUT2D eigenvalue weighted by Gasteiger charge is -2.35. The van der Waals surface area contributed by atoms with E-state index in [4.69, 9.17) is 0 Å². The van der Waals surface area contributed by atoms with Crippen molar-refractivity contribution in [1.29, 1.82) is 0 Å². The van der Waals surface area contributed by atoms with Crippen LogP contribution in [0.5, 0.6) is 0 Å². The third-order valence-corrected chi connectivity index (χ3v) is 3.96. The Labute approximate surface area is 119 Å². The fourth-order valence-corrected chi connectivity index (χ4v) is 2.69. The Kier molecular flexibility index (Phi) is 3.69. The van der Waals surface area contributed by atoms with Gasteiger partial charge in [-0.25, -0.2) is 9.97 Å². The van der Waals surface area contributed by atoms with Crippen LogP contribution in [-0.2, 0) is 13.6 Å². The number of pyridine rings is 1. The van der Waals surface area contributed by atoms with E-state index in [9.17, 15) is 0 Å². The standard InChI is InChI=1S/C15H21N5/c1-13-4-3-5-17-15(13)20-8-6-19(7-9-20)11-14-10-16-12-18(14)2/h3-5,10,12H,6-9,11H2,1-2H3. The number of rotatable bonds is 3. The molecule has 0 amide bonds. The van der Waals surface area contributed by atoms with Crippen molar-refractivity contribution < 1.29 is 0 Å². The normalized spacial score (nSPS) is 16.6. The van der Waals surface area contributed by atoms with Crippen molar-refractivity contribution in [2.75, 3.05) is 31.1 Å². The van der Waals surface area contributed by atoms with Gasteiger partial charge in [0, 0.05) is 52.2 Å². The third-order valence-electron chi connectivity index (χ3n) is 3.96. The minimum atomic E-state index is 0.978. The van der Waals surface area contributed by atoms with Crippen LogP contribution in [0.25, 0.3) is 0 Å². The number of nitrogens with zero attached hydrogens (tertiary/aromatic N) is 5.